The molecule has 2 aromatic carbocycles. The Morgan fingerprint density at radius 3 is 1.49 bits per heavy atom. The van der Waals surface area contributed by atoms with Crippen LogP contribution in [0, 0.1) is 58.2 Å². The standard InChI is InChI=1S/C28H44F2O2.C22H25O2P.C18H30F2O2.2Y/c1-18(13-15-28(29,30)26(4,5)32)23-11-12-24-22(8-7-14-27(23,24)6)10-9-21-16-19(2)20(3)25(31)17-21;1-17-15-19(16-22(23)18(17)2)13-14-25(24,20-9-5-3-6-10-20)21-11-7-4-8-12-21;1-12(9-11-18(19,20)16(2,3)22)13-7-8-14-15(21)6-5-10-17(13,14)4;;/h9-10,18-19,23-25,31-32H,3,7-8,11-17H2,1-2,4-6H3;3-13,17,22-23H,2,14-16H2,1H3;12-14,22H,5-11H2,1-4H3;;/b21-9-,22-10+;19-13-;;;/t18-,19-,23?,24?,25-,27-;17-,22-;12-,13?,14+,17-;;/m111../s1. The van der Waals surface area contributed by atoms with Gasteiger partial charge in [0.05, 0.1) is 12.2 Å². The third kappa shape index (κ3) is 17.3. The summed E-state index contributed by atoms with van der Waals surface area (Å²) in [4.78, 5) is 12.1. The summed E-state index contributed by atoms with van der Waals surface area (Å²) in [5, 5.41) is 41.6. The smallest absolute Gasteiger partial charge is 0.275 e. The van der Waals surface area contributed by atoms with Crippen molar-refractivity contribution in [1.29, 1.82) is 0 Å². The summed E-state index contributed by atoms with van der Waals surface area (Å²) < 4.78 is 70.6. The number of Topliss-reactive ketones (excluding diaryl/α,β-unsaturated/α-hetero) is 1. The minimum Gasteiger partial charge on any atom is -0.388 e. The maximum absolute atomic E-state index is 14.3. The zero-order valence-electron chi connectivity index (χ0n) is 50.8. The van der Waals surface area contributed by atoms with E-state index in [0.717, 1.165) is 92.4 Å². The number of carbonyl (C=O) groups excluding carboxylic acids is 1. The predicted molar refractivity (Wildman–Crippen MR) is 317 cm³/mol. The van der Waals surface area contributed by atoms with Crippen molar-refractivity contribution in [3.05, 3.63) is 120 Å². The second-order valence-corrected chi connectivity index (χ2v) is 29.9. The molecular formula is C68H99F4O6PY2. The number of fused-ring (bicyclic) bond motifs is 2. The van der Waals surface area contributed by atoms with Crippen LogP contribution in [-0.4, -0.2) is 67.6 Å². The number of ketones is 1. The molecule has 3 unspecified atom stereocenters. The van der Waals surface area contributed by atoms with Crippen LogP contribution in [0.15, 0.2) is 120 Å². The van der Waals surface area contributed by atoms with Gasteiger partial charge in [-0.25, -0.2) is 17.6 Å². The molecule has 0 aromatic heterocycles. The molecule has 6 aliphatic carbocycles. The van der Waals surface area contributed by atoms with Crippen molar-refractivity contribution < 1.29 is 113 Å². The van der Waals surface area contributed by atoms with E-state index < -0.39 is 42.4 Å². The Balaban J connectivity index is 0.000000263. The Morgan fingerprint density at radius 1 is 0.642 bits per heavy atom. The Morgan fingerprint density at radius 2 is 1.05 bits per heavy atom. The molecule has 0 spiro atoms. The molecule has 0 bridgehead atoms. The maximum atomic E-state index is 14.3. The van der Waals surface area contributed by atoms with E-state index in [0.29, 0.717) is 67.7 Å². The minimum absolute atomic E-state index is 0. The van der Waals surface area contributed by atoms with Crippen LogP contribution in [0.2, 0.25) is 0 Å². The number of rotatable bonds is 15. The number of allylic oxidation sites excluding steroid dienone is 4. The van der Waals surface area contributed by atoms with Crippen molar-refractivity contribution in [3.63, 3.8) is 0 Å². The van der Waals surface area contributed by atoms with Crippen LogP contribution in [-0.2, 0) is 74.8 Å². The number of hydrogen-bond acceptors (Lipinski definition) is 6. The van der Waals surface area contributed by atoms with E-state index in [9.17, 15) is 47.3 Å². The average Bonchev–Trinajstić information content (AvgIpc) is 4.02. The third-order valence-corrected chi connectivity index (χ3v) is 23.6. The van der Waals surface area contributed by atoms with E-state index in [-0.39, 0.29) is 113 Å². The molecule has 2 radical (unpaired) electrons. The first-order valence-electron chi connectivity index (χ1n) is 30.0. The number of aliphatic hydroxyl groups excluding tert-OH is 2. The summed E-state index contributed by atoms with van der Waals surface area (Å²) in [7, 11) is -2.73. The molecule has 446 valence electrons. The Bertz CT molecular complexity index is 2480. The van der Waals surface area contributed by atoms with Crippen LogP contribution in [0.3, 0.4) is 0 Å². The number of hydrogen-bond donors (Lipinski definition) is 4. The van der Waals surface area contributed by atoms with Gasteiger partial charge < -0.3 is 25.0 Å². The fourth-order valence-electron chi connectivity index (χ4n) is 15.1. The summed E-state index contributed by atoms with van der Waals surface area (Å²) in [5.41, 5.74) is 2.06. The largest absolute Gasteiger partial charge is 0.388 e. The normalized spacial score (nSPS) is 31.4. The molecule has 0 saturated heterocycles. The van der Waals surface area contributed by atoms with E-state index in [1.165, 1.54) is 44.4 Å². The average molecular weight is 1300 g/mol. The molecule has 8 rings (SSSR count). The molecule has 12 atom stereocenters. The molecule has 0 heterocycles. The van der Waals surface area contributed by atoms with E-state index >= 15 is 0 Å². The van der Waals surface area contributed by atoms with Gasteiger partial charge in [-0.3, -0.25) is 4.79 Å². The van der Waals surface area contributed by atoms with Crippen molar-refractivity contribution in [2.75, 3.05) is 6.16 Å². The number of carbonyl (C=O) groups is 1. The molecule has 81 heavy (non-hydrogen) atoms. The van der Waals surface area contributed by atoms with Gasteiger partial charge in [-0.05, 0) is 187 Å². The molecule has 0 amide bonds. The van der Waals surface area contributed by atoms with Crippen molar-refractivity contribution in [3.8, 4) is 0 Å². The van der Waals surface area contributed by atoms with Gasteiger partial charge in [0, 0.05) is 107 Å². The molecule has 6 nitrogen and oxygen atoms in total. The van der Waals surface area contributed by atoms with E-state index in [4.69, 9.17) is 0 Å². The second-order valence-electron chi connectivity index (χ2n) is 27.0. The van der Waals surface area contributed by atoms with E-state index in [1.807, 2.05) is 67.6 Å². The third-order valence-electron chi connectivity index (χ3n) is 20.7. The van der Waals surface area contributed by atoms with Crippen LogP contribution in [0.1, 0.15) is 185 Å². The SMILES string of the molecule is C=C1[C@H](C)C/C(=C/C=C2\CCC[C@@]3(C)C2CCC3[C@H](C)CCC(F)(F)C(C)(C)O)C[C@H]1O.C=C1[C@H](C)C/C(=C/CP(=O)(c2ccccc2)c2ccccc2)C[C@H]1O.C[C@H](CCC(F)(F)C(C)(C)O)C1CC[C@H]2C(=O)CCC[C@]12C.[Y].[Y]. The molecule has 2 aromatic rings. The fourth-order valence-corrected chi connectivity index (χ4v) is 17.6. The van der Waals surface area contributed by atoms with Crippen molar-refractivity contribution in [2.45, 2.75) is 220 Å². The first-order chi connectivity index (χ1) is 36.8. The number of benzene rings is 2. The fraction of sp³-hybridized carbons (Fsp3) is 0.662. The molecule has 13 heteroatoms. The Hall–Kier alpha value is -1.19. The molecule has 0 aliphatic heterocycles. The summed E-state index contributed by atoms with van der Waals surface area (Å²) in [6.07, 6.45) is 19.9. The van der Waals surface area contributed by atoms with Gasteiger partial charge in [-0.1, -0.05) is 150 Å². The van der Waals surface area contributed by atoms with Gasteiger partial charge in [0.15, 0.2) is 0 Å². The van der Waals surface area contributed by atoms with Crippen LogP contribution >= 0.6 is 7.14 Å². The first-order valence-corrected chi connectivity index (χ1v) is 31.9. The van der Waals surface area contributed by atoms with Crippen molar-refractivity contribution in [1.82, 2.24) is 0 Å². The van der Waals surface area contributed by atoms with Gasteiger partial charge in [-0.15, -0.1) is 0 Å². The monoisotopic (exact) mass is 1300 g/mol. The van der Waals surface area contributed by atoms with Gasteiger partial charge >= 0.3 is 0 Å². The molecule has 6 aliphatic rings. The van der Waals surface area contributed by atoms with Gasteiger partial charge in [0.1, 0.15) is 24.1 Å². The summed E-state index contributed by atoms with van der Waals surface area (Å²) in [6.45, 7) is 25.7. The molecule has 6 fully saturated rings. The topological polar surface area (TPSA) is 115 Å². The zero-order chi connectivity index (χ0) is 58.5. The van der Waals surface area contributed by atoms with Gasteiger partial charge in [0.2, 0.25) is 0 Å². The van der Waals surface area contributed by atoms with Crippen LogP contribution in [0.25, 0.3) is 0 Å². The summed E-state index contributed by atoms with van der Waals surface area (Å²) in [5.74, 6) is -3.32. The molecule has 4 N–H and O–H groups in total. The summed E-state index contributed by atoms with van der Waals surface area (Å²) >= 11 is 0. The van der Waals surface area contributed by atoms with Gasteiger partial charge in [0.25, 0.3) is 11.8 Å². The van der Waals surface area contributed by atoms with Crippen LogP contribution < -0.4 is 10.6 Å². The van der Waals surface area contributed by atoms with E-state index in [1.54, 1.807) is 0 Å². The predicted octanol–water partition coefficient (Wildman–Crippen LogP) is 16.1. The number of alkyl halides is 4. The second kappa shape index (κ2) is 29.7. The number of halogens is 4. The Labute approximate surface area is 536 Å². The Kier molecular flexibility index (Phi) is 26.5. The zero-order valence-corrected chi connectivity index (χ0v) is 57.4. The quantitative estimate of drug-likeness (QED) is 0.0802. The molecule has 6 saturated carbocycles. The van der Waals surface area contributed by atoms with E-state index in [2.05, 4.69) is 66.0 Å². The maximum Gasteiger partial charge on any atom is 0.275 e. The summed E-state index contributed by atoms with van der Waals surface area (Å²) in [6, 6.07) is 19.5. The van der Waals surface area contributed by atoms with Crippen LogP contribution in [0.5, 0.6) is 0 Å². The van der Waals surface area contributed by atoms with Crippen molar-refractivity contribution >= 4 is 23.5 Å². The number of aliphatic hydroxyl groups is 4. The first kappa shape index (κ1) is 72.3. The van der Waals surface area contributed by atoms with Crippen LogP contribution in [0.4, 0.5) is 17.6 Å². The minimum atomic E-state index is -3.07. The van der Waals surface area contributed by atoms with Gasteiger partial charge in [-0.2, -0.15) is 0 Å². The van der Waals surface area contributed by atoms with Crippen molar-refractivity contribution in [2.24, 2.45) is 58.2 Å². The molecular weight excluding hydrogens is 1200 g/mol.